The number of carbonyl (C=O) groups is 1. The molecule has 6 heteroatoms. The lowest BCUT2D eigenvalue weighted by molar-refractivity contribution is -0.122. The van der Waals surface area contributed by atoms with E-state index in [0.29, 0.717) is 27.4 Å². The van der Waals surface area contributed by atoms with Crippen molar-refractivity contribution in [2.75, 3.05) is 13.2 Å². The third kappa shape index (κ3) is 4.17. The van der Waals surface area contributed by atoms with Gasteiger partial charge >= 0.3 is 0 Å². The van der Waals surface area contributed by atoms with Gasteiger partial charge in [0.2, 0.25) is 0 Å². The molecule has 0 aromatic heterocycles. The Labute approximate surface area is 155 Å². The first-order chi connectivity index (χ1) is 11.6. The normalized spacial score (nSPS) is 16.0. The molecule has 1 saturated heterocycles. The minimum atomic E-state index is -0.0865. The predicted octanol–water partition coefficient (Wildman–Crippen LogP) is 4.62. The van der Waals surface area contributed by atoms with Gasteiger partial charge in [-0.05, 0) is 35.9 Å². The molecule has 0 unspecified atom stereocenters. The largest absolute Gasteiger partial charge is 0.492 e. The second-order valence-corrected chi connectivity index (χ2v) is 7.16. The SMILES string of the molecule is O=C1/C(=C/c2ccc(Cl)cc2)SC(=S)N1CCOc1ccccc1. The van der Waals surface area contributed by atoms with Crippen LogP contribution >= 0.6 is 35.6 Å². The maximum atomic E-state index is 12.5. The van der Waals surface area contributed by atoms with Crippen LogP contribution in [0.2, 0.25) is 5.02 Å². The molecule has 1 aliphatic heterocycles. The summed E-state index contributed by atoms with van der Waals surface area (Å²) in [6.45, 7) is 0.822. The van der Waals surface area contributed by atoms with E-state index in [1.54, 1.807) is 17.0 Å². The second kappa shape index (κ2) is 7.83. The number of carbonyl (C=O) groups excluding carboxylic acids is 1. The Bertz CT molecular complexity index is 775. The Hall–Kier alpha value is -1.82. The van der Waals surface area contributed by atoms with Gasteiger partial charge in [0, 0.05) is 5.02 Å². The first kappa shape index (κ1) is 17.0. The van der Waals surface area contributed by atoms with E-state index in [0.717, 1.165) is 11.3 Å². The summed E-state index contributed by atoms with van der Waals surface area (Å²) < 4.78 is 6.19. The van der Waals surface area contributed by atoms with Crippen molar-refractivity contribution in [3.05, 3.63) is 70.1 Å². The van der Waals surface area contributed by atoms with Crippen LogP contribution in [0.15, 0.2) is 59.5 Å². The van der Waals surface area contributed by atoms with E-state index in [4.69, 9.17) is 28.6 Å². The van der Waals surface area contributed by atoms with E-state index in [1.807, 2.05) is 48.5 Å². The van der Waals surface area contributed by atoms with Crippen LogP contribution in [-0.4, -0.2) is 28.3 Å². The van der Waals surface area contributed by atoms with E-state index >= 15 is 0 Å². The minimum Gasteiger partial charge on any atom is -0.492 e. The molecule has 3 rings (SSSR count). The molecule has 0 N–H and O–H groups in total. The molecule has 0 atom stereocenters. The number of para-hydroxylation sites is 1. The number of halogens is 1. The predicted molar refractivity (Wildman–Crippen MR) is 103 cm³/mol. The topological polar surface area (TPSA) is 29.5 Å². The molecular formula is C18H14ClNO2S2. The summed E-state index contributed by atoms with van der Waals surface area (Å²) in [6.07, 6.45) is 1.83. The average Bonchev–Trinajstić information content (AvgIpc) is 2.85. The molecule has 0 saturated carbocycles. The van der Waals surface area contributed by atoms with Gasteiger partial charge in [-0.2, -0.15) is 0 Å². The van der Waals surface area contributed by atoms with Crippen LogP contribution in [0.4, 0.5) is 0 Å². The van der Waals surface area contributed by atoms with Crippen molar-refractivity contribution in [1.82, 2.24) is 4.90 Å². The highest BCUT2D eigenvalue weighted by atomic mass is 35.5. The fraction of sp³-hybridized carbons (Fsp3) is 0.111. The zero-order valence-electron chi connectivity index (χ0n) is 12.6. The Kier molecular flexibility index (Phi) is 5.56. The second-order valence-electron chi connectivity index (χ2n) is 5.05. The van der Waals surface area contributed by atoms with E-state index in [2.05, 4.69) is 0 Å². The summed E-state index contributed by atoms with van der Waals surface area (Å²) >= 11 is 12.5. The number of nitrogens with zero attached hydrogens (tertiary/aromatic N) is 1. The van der Waals surface area contributed by atoms with Crippen LogP contribution in [0.25, 0.3) is 6.08 Å². The average molecular weight is 376 g/mol. The van der Waals surface area contributed by atoms with Gasteiger partial charge in [0.25, 0.3) is 5.91 Å². The number of hydrogen-bond donors (Lipinski definition) is 0. The van der Waals surface area contributed by atoms with E-state index in [-0.39, 0.29) is 5.91 Å². The number of amides is 1. The first-order valence-corrected chi connectivity index (χ1v) is 8.92. The molecule has 24 heavy (non-hydrogen) atoms. The van der Waals surface area contributed by atoms with Gasteiger partial charge in [-0.3, -0.25) is 9.69 Å². The fourth-order valence-corrected chi connectivity index (χ4v) is 3.61. The lowest BCUT2D eigenvalue weighted by Gasteiger charge is -2.14. The summed E-state index contributed by atoms with van der Waals surface area (Å²) in [4.78, 5) is 14.7. The van der Waals surface area contributed by atoms with Crippen molar-refractivity contribution in [3.63, 3.8) is 0 Å². The van der Waals surface area contributed by atoms with Gasteiger partial charge in [-0.1, -0.05) is 65.9 Å². The molecule has 1 amide bonds. The molecule has 2 aromatic rings. The zero-order valence-corrected chi connectivity index (χ0v) is 15.0. The summed E-state index contributed by atoms with van der Waals surface area (Å²) in [5.74, 6) is 0.691. The Morgan fingerprint density at radius 3 is 2.54 bits per heavy atom. The summed E-state index contributed by atoms with van der Waals surface area (Å²) in [5.41, 5.74) is 0.917. The third-order valence-corrected chi connectivity index (χ3v) is 5.00. The van der Waals surface area contributed by atoms with Crippen molar-refractivity contribution in [1.29, 1.82) is 0 Å². The lowest BCUT2D eigenvalue weighted by atomic mass is 10.2. The zero-order chi connectivity index (χ0) is 16.9. The first-order valence-electron chi connectivity index (χ1n) is 7.32. The number of benzene rings is 2. The molecule has 2 aromatic carbocycles. The van der Waals surface area contributed by atoms with Crippen molar-refractivity contribution < 1.29 is 9.53 Å². The Balaban J connectivity index is 1.62. The van der Waals surface area contributed by atoms with Gasteiger partial charge in [-0.15, -0.1) is 0 Å². The summed E-state index contributed by atoms with van der Waals surface area (Å²) in [6, 6.07) is 16.8. The molecule has 0 aliphatic carbocycles. The number of thiocarbonyl (C=S) groups is 1. The molecule has 1 aliphatic rings. The number of ether oxygens (including phenoxy) is 1. The molecular weight excluding hydrogens is 362 g/mol. The van der Waals surface area contributed by atoms with Crippen molar-refractivity contribution >= 4 is 51.9 Å². The summed E-state index contributed by atoms with van der Waals surface area (Å²) in [7, 11) is 0. The summed E-state index contributed by atoms with van der Waals surface area (Å²) in [5, 5.41) is 0.665. The van der Waals surface area contributed by atoms with Gasteiger partial charge in [0.1, 0.15) is 16.7 Å². The maximum absolute atomic E-state index is 12.5. The molecule has 122 valence electrons. The highest BCUT2D eigenvalue weighted by molar-refractivity contribution is 8.26. The number of thioether (sulfide) groups is 1. The highest BCUT2D eigenvalue weighted by Crippen LogP contribution is 2.32. The highest BCUT2D eigenvalue weighted by Gasteiger charge is 2.31. The monoisotopic (exact) mass is 375 g/mol. The number of rotatable bonds is 5. The fourth-order valence-electron chi connectivity index (χ4n) is 2.17. The quantitative estimate of drug-likeness (QED) is 0.563. The maximum Gasteiger partial charge on any atom is 0.266 e. The minimum absolute atomic E-state index is 0.0865. The lowest BCUT2D eigenvalue weighted by Crippen LogP contribution is -2.32. The van der Waals surface area contributed by atoms with E-state index in [9.17, 15) is 4.79 Å². The van der Waals surface area contributed by atoms with Crippen molar-refractivity contribution in [2.45, 2.75) is 0 Å². The van der Waals surface area contributed by atoms with Gasteiger partial charge < -0.3 is 4.74 Å². The van der Waals surface area contributed by atoms with Crippen LogP contribution in [0.5, 0.6) is 5.75 Å². The van der Waals surface area contributed by atoms with Crippen LogP contribution in [0, 0.1) is 0 Å². The van der Waals surface area contributed by atoms with Crippen LogP contribution in [0.1, 0.15) is 5.56 Å². The molecule has 3 nitrogen and oxygen atoms in total. The van der Waals surface area contributed by atoms with Crippen molar-refractivity contribution in [3.8, 4) is 5.75 Å². The van der Waals surface area contributed by atoms with Crippen LogP contribution in [-0.2, 0) is 4.79 Å². The van der Waals surface area contributed by atoms with Gasteiger partial charge in [0.15, 0.2) is 0 Å². The smallest absolute Gasteiger partial charge is 0.266 e. The van der Waals surface area contributed by atoms with Gasteiger partial charge in [0.05, 0.1) is 11.4 Å². The Morgan fingerprint density at radius 2 is 1.83 bits per heavy atom. The molecule has 0 spiro atoms. The molecule has 1 heterocycles. The molecule has 1 fully saturated rings. The van der Waals surface area contributed by atoms with Crippen molar-refractivity contribution in [2.24, 2.45) is 0 Å². The van der Waals surface area contributed by atoms with E-state index < -0.39 is 0 Å². The third-order valence-electron chi connectivity index (χ3n) is 3.37. The standard InChI is InChI=1S/C18H14ClNO2S2/c19-14-8-6-13(7-9-14)12-16-17(21)20(18(23)24-16)10-11-22-15-4-2-1-3-5-15/h1-9,12H,10-11H2/b16-12-. The number of hydrogen-bond acceptors (Lipinski definition) is 4. The Morgan fingerprint density at radius 1 is 1.12 bits per heavy atom. The molecule has 0 radical (unpaired) electrons. The van der Waals surface area contributed by atoms with Crippen LogP contribution in [0.3, 0.4) is 0 Å². The molecule has 0 bridgehead atoms. The van der Waals surface area contributed by atoms with E-state index in [1.165, 1.54) is 11.8 Å². The van der Waals surface area contributed by atoms with Crippen LogP contribution < -0.4 is 4.74 Å². The van der Waals surface area contributed by atoms with Gasteiger partial charge in [-0.25, -0.2) is 0 Å².